The summed E-state index contributed by atoms with van der Waals surface area (Å²) in [6.07, 6.45) is 6.95. The van der Waals surface area contributed by atoms with E-state index in [2.05, 4.69) is 41.1 Å². The van der Waals surface area contributed by atoms with Crippen LogP contribution in [0.25, 0.3) is 0 Å². The molecule has 1 aromatic heterocycles. The highest BCUT2D eigenvalue weighted by molar-refractivity contribution is 5.24. The molecule has 132 valence electrons. The number of H-pyrrole nitrogens is 1. The van der Waals surface area contributed by atoms with Crippen molar-refractivity contribution in [1.29, 1.82) is 0 Å². The molecule has 25 heavy (non-hydrogen) atoms. The summed E-state index contributed by atoms with van der Waals surface area (Å²) in [6, 6.07) is 8.72. The van der Waals surface area contributed by atoms with Gasteiger partial charge in [0, 0.05) is 31.1 Å². The molecular weight excluding hydrogens is 310 g/mol. The Labute approximate surface area is 149 Å². The van der Waals surface area contributed by atoms with Gasteiger partial charge in [-0.15, -0.1) is 0 Å². The van der Waals surface area contributed by atoms with Crippen LogP contribution in [0.5, 0.6) is 0 Å². The van der Waals surface area contributed by atoms with Gasteiger partial charge in [-0.25, -0.2) is 4.98 Å². The molecule has 0 bridgehead atoms. The number of aromatic nitrogens is 2. The summed E-state index contributed by atoms with van der Waals surface area (Å²) in [6.45, 7) is 4.75. The summed E-state index contributed by atoms with van der Waals surface area (Å²) in [5.41, 5.74) is 4.62. The van der Waals surface area contributed by atoms with Gasteiger partial charge in [0.2, 0.25) is 0 Å². The highest BCUT2D eigenvalue weighted by Crippen LogP contribution is 2.30. The van der Waals surface area contributed by atoms with Crippen LogP contribution in [0.2, 0.25) is 0 Å². The van der Waals surface area contributed by atoms with E-state index in [0.29, 0.717) is 5.92 Å². The topological polar surface area (TPSA) is 49.0 Å². The zero-order valence-electron chi connectivity index (χ0n) is 15.1. The van der Waals surface area contributed by atoms with Crippen LogP contribution in [0.15, 0.2) is 29.1 Å². The standard InChI is InChI=1S/C21H27N3O/c1-15-7-9-16(10-8-15)13-24-12-11-18-19(14-24)22-20(23-21(18)25)17-5-3-2-4-6-17/h7-10,17H,2-6,11-14H2,1H3,(H,22,23,25). The molecule has 4 rings (SSSR count). The lowest BCUT2D eigenvalue weighted by atomic mass is 9.88. The highest BCUT2D eigenvalue weighted by Gasteiger charge is 2.24. The van der Waals surface area contributed by atoms with Gasteiger partial charge in [0.25, 0.3) is 5.56 Å². The molecule has 2 aromatic rings. The lowest BCUT2D eigenvalue weighted by molar-refractivity contribution is 0.239. The molecule has 0 saturated heterocycles. The van der Waals surface area contributed by atoms with Gasteiger partial charge in [-0.05, 0) is 31.7 Å². The number of benzene rings is 1. The van der Waals surface area contributed by atoms with Crippen LogP contribution in [0.1, 0.15) is 66.2 Å². The van der Waals surface area contributed by atoms with E-state index in [9.17, 15) is 4.79 Å². The maximum Gasteiger partial charge on any atom is 0.254 e. The van der Waals surface area contributed by atoms with Crippen LogP contribution in [-0.2, 0) is 19.5 Å². The van der Waals surface area contributed by atoms with Crippen molar-refractivity contribution in [1.82, 2.24) is 14.9 Å². The first kappa shape index (κ1) is 16.5. The molecule has 4 heteroatoms. The Balaban J connectivity index is 1.53. The smallest absolute Gasteiger partial charge is 0.254 e. The van der Waals surface area contributed by atoms with Crippen LogP contribution < -0.4 is 5.56 Å². The molecule has 4 nitrogen and oxygen atoms in total. The second kappa shape index (κ2) is 7.12. The van der Waals surface area contributed by atoms with Crippen LogP contribution in [-0.4, -0.2) is 21.4 Å². The molecule has 2 heterocycles. The molecule has 0 unspecified atom stereocenters. The number of nitrogens with zero attached hydrogens (tertiary/aromatic N) is 2. The van der Waals surface area contributed by atoms with Crippen molar-refractivity contribution in [2.45, 2.75) is 64.5 Å². The molecule has 1 aromatic carbocycles. The Kier molecular flexibility index (Phi) is 4.71. The normalized spacial score (nSPS) is 18.9. The fourth-order valence-electron chi connectivity index (χ4n) is 4.17. The average molecular weight is 337 g/mol. The third kappa shape index (κ3) is 3.69. The van der Waals surface area contributed by atoms with Crippen molar-refractivity contribution in [3.05, 3.63) is 62.8 Å². The Bertz CT molecular complexity index is 788. The van der Waals surface area contributed by atoms with Crippen LogP contribution in [0.3, 0.4) is 0 Å². The second-order valence-electron chi connectivity index (χ2n) is 7.66. The Morgan fingerprint density at radius 1 is 1.16 bits per heavy atom. The minimum absolute atomic E-state index is 0.0977. The minimum Gasteiger partial charge on any atom is -0.310 e. The van der Waals surface area contributed by atoms with Crippen LogP contribution in [0.4, 0.5) is 0 Å². The van der Waals surface area contributed by atoms with Gasteiger partial charge < -0.3 is 4.98 Å². The van der Waals surface area contributed by atoms with Crippen molar-refractivity contribution in [3.63, 3.8) is 0 Å². The number of aromatic amines is 1. The van der Waals surface area contributed by atoms with Gasteiger partial charge in [0.1, 0.15) is 5.82 Å². The zero-order chi connectivity index (χ0) is 17.2. The molecule has 0 spiro atoms. The van der Waals surface area contributed by atoms with E-state index in [-0.39, 0.29) is 5.56 Å². The molecule has 0 atom stereocenters. The van der Waals surface area contributed by atoms with Gasteiger partial charge in [-0.2, -0.15) is 0 Å². The first-order chi connectivity index (χ1) is 12.2. The molecular formula is C21H27N3O. The number of fused-ring (bicyclic) bond motifs is 1. The summed E-state index contributed by atoms with van der Waals surface area (Å²) in [4.78, 5) is 22.9. The van der Waals surface area contributed by atoms with Crippen molar-refractivity contribution >= 4 is 0 Å². The quantitative estimate of drug-likeness (QED) is 0.929. The molecule has 1 saturated carbocycles. The maximum atomic E-state index is 12.5. The van der Waals surface area contributed by atoms with E-state index in [1.165, 1.54) is 30.4 Å². The summed E-state index contributed by atoms with van der Waals surface area (Å²) in [7, 11) is 0. The monoisotopic (exact) mass is 337 g/mol. The third-order valence-corrected chi connectivity index (χ3v) is 5.69. The van der Waals surface area contributed by atoms with Gasteiger partial charge >= 0.3 is 0 Å². The van der Waals surface area contributed by atoms with E-state index < -0.39 is 0 Å². The molecule has 0 radical (unpaired) electrons. The lowest BCUT2D eigenvalue weighted by Crippen LogP contribution is -2.35. The molecule has 2 aliphatic rings. The molecule has 1 fully saturated rings. The predicted molar refractivity (Wildman–Crippen MR) is 99.7 cm³/mol. The van der Waals surface area contributed by atoms with E-state index in [1.807, 2.05) is 0 Å². The molecule has 1 aliphatic heterocycles. The number of aryl methyl sites for hydroxylation is 1. The Morgan fingerprint density at radius 3 is 2.68 bits per heavy atom. The van der Waals surface area contributed by atoms with Crippen LogP contribution >= 0.6 is 0 Å². The van der Waals surface area contributed by atoms with Gasteiger partial charge in [0.05, 0.1) is 5.69 Å². The van der Waals surface area contributed by atoms with Crippen molar-refractivity contribution < 1.29 is 0 Å². The minimum atomic E-state index is 0.0977. The van der Waals surface area contributed by atoms with Crippen LogP contribution in [0, 0.1) is 6.92 Å². The SMILES string of the molecule is Cc1ccc(CN2CCc3c(nc(C4CCCCC4)[nH]c3=O)C2)cc1. The number of nitrogens with one attached hydrogen (secondary N) is 1. The molecule has 0 amide bonds. The second-order valence-corrected chi connectivity index (χ2v) is 7.66. The summed E-state index contributed by atoms with van der Waals surface area (Å²) in [5.74, 6) is 1.37. The summed E-state index contributed by atoms with van der Waals surface area (Å²) < 4.78 is 0. The van der Waals surface area contributed by atoms with Gasteiger partial charge in [-0.1, -0.05) is 49.1 Å². The van der Waals surface area contributed by atoms with Gasteiger partial charge in [-0.3, -0.25) is 9.69 Å². The number of hydrogen-bond acceptors (Lipinski definition) is 3. The van der Waals surface area contributed by atoms with Crippen molar-refractivity contribution in [2.75, 3.05) is 6.54 Å². The Hall–Kier alpha value is -1.94. The van der Waals surface area contributed by atoms with Gasteiger partial charge in [0.15, 0.2) is 0 Å². The summed E-state index contributed by atoms with van der Waals surface area (Å²) in [5, 5.41) is 0. The highest BCUT2D eigenvalue weighted by atomic mass is 16.1. The number of hydrogen-bond donors (Lipinski definition) is 1. The fraction of sp³-hybridized carbons (Fsp3) is 0.524. The fourth-order valence-corrected chi connectivity index (χ4v) is 4.17. The predicted octanol–water partition coefficient (Wildman–Crippen LogP) is 3.68. The van der Waals surface area contributed by atoms with Crippen molar-refractivity contribution in [2.24, 2.45) is 0 Å². The average Bonchev–Trinajstić information content (AvgIpc) is 2.64. The molecule has 1 N–H and O–H groups in total. The number of rotatable bonds is 3. The van der Waals surface area contributed by atoms with E-state index >= 15 is 0 Å². The molecule has 1 aliphatic carbocycles. The van der Waals surface area contributed by atoms with E-state index in [4.69, 9.17) is 4.98 Å². The first-order valence-corrected chi connectivity index (χ1v) is 9.59. The maximum absolute atomic E-state index is 12.5. The van der Waals surface area contributed by atoms with E-state index in [0.717, 1.165) is 56.0 Å². The zero-order valence-corrected chi connectivity index (χ0v) is 15.1. The van der Waals surface area contributed by atoms with E-state index in [1.54, 1.807) is 0 Å². The Morgan fingerprint density at radius 2 is 1.92 bits per heavy atom. The largest absolute Gasteiger partial charge is 0.310 e. The summed E-state index contributed by atoms with van der Waals surface area (Å²) >= 11 is 0. The third-order valence-electron chi connectivity index (χ3n) is 5.69. The first-order valence-electron chi connectivity index (χ1n) is 9.59. The van der Waals surface area contributed by atoms with Crippen molar-refractivity contribution in [3.8, 4) is 0 Å². The lowest BCUT2D eigenvalue weighted by Gasteiger charge is -2.29.